The van der Waals surface area contributed by atoms with E-state index in [1.165, 1.54) is 0 Å². The number of ether oxygens (including phenoxy) is 3. The number of hydrogen-bond acceptors (Lipinski definition) is 5. The Morgan fingerprint density at radius 1 is 1.16 bits per heavy atom. The van der Waals surface area contributed by atoms with E-state index in [4.69, 9.17) is 19.9 Å². The van der Waals surface area contributed by atoms with Crippen molar-refractivity contribution in [2.45, 2.75) is 19.4 Å². The quantitative estimate of drug-likeness (QED) is 0.873. The molecule has 6 heteroatoms. The van der Waals surface area contributed by atoms with Crippen LogP contribution in [0.3, 0.4) is 0 Å². The standard InChI is InChI=1S/C19H22N2O4/c1-13(20)14-3-6-16(7-4-14)25-12-19(22)21-15-5-8-17-18(11-15)24-10-2-9-23-17/h3-8,11,13H,2,9-10,12,20H2,1H3,(H,21,22). The minimum Gasteiger partial charge on any atom is -0.490 e. The van der Waals surface area contributed by atoms with E-state index in [1.54, 1.807) is 30.3 Å². The second kappa shape index (κ2) is 7.90. The van der Waals surface area contributed by atoms with Gasteiger partial charge in [-0.05, 0) is 36.8 Å². The predicted molar refractivity (Wildman–Crippen MR) is 95.2 cm³/mol. The summed E-state index contributed by atoms with van der Waals surface area (Å²) in [6.45, 7) is 3.07. The fraction of sp³-hybridized carbons (Fsp3) is 0.316. The van der Waals surface area contributed by atoms with E-state index in [0.29, 0.717) is 36.1 Å². The van der Waals surface area contributed by atoms with Gasteiger partial charge < -0.3 is 25.3 Å². The van der Waals surface area contributed by atoms with E-state index in [2.05, 4.69) is 5.32 Å². The number of amides is 1. The van der Waals surface area contributed by atoms with Gasteiger partial charge in [0.15, 0.2) is 18.1 Å². The van der Waals surface area contributed by atoms with Crippen LogP contribution < -0.4 is 25.3 Å². The van der Waals surface area contributed by atoms with Gasteiger partial charge in [-0.15, -0.1) is 0 Å². The van der Waals surface area contributed by atoms with Gasteiger partial charge >= 0.3 is 0 Å². The third-order valence-corrected chi connectivity index (χ3v) is 3.81. The molecule has 1 aliphatic heterocycles. The molecule has 1 aliphatic rings. The van der Waals surface area contributed by atoms with Gasteiger partial charge in [0, 0.05) is 24.2 Å². The number of benzene rings is 2. The molecule has 1 atom stereocenters. The van der Waals surface area contributed by atoms with E-state index in [1.807, 2.05) is 19.1 Å². The number of rotatable bonds is 5. The number of fused-ring (bicyclic) bond motifs is 1. The molecule has 0 saturated carbocycles. The first kappa shape index (κ1) is 17.1. The maximum Gasteiger partial charge on any atom is 0.262 e. The number of hydrogen-bond donors (Lipinski definition) is 2. The van der Waals surface area contributed by atoms with Crippen molar-refractivity contribution in [3.63, 3.8) is 0 Å². The third-order valence-electron chi connectivity index (χ3n) is 3.81. The maximum atomic E-state index is 12.1. The molecular formula is C19H22N2O4. The Morgan fingerprint density at radius 2 is 1.88 bits per heavy atom. The Kier molecular flexibility index (Phi) is 5.40. The molecule has 1 unspecified atom stereocenters. The van der Waals surface area contributed by atoms with Gasteiger partial charge in [0.05, 0.1) is 13.2 Å². The Balaban J connectivity index is 1.54. The van der Waals surface area contributed by atoms with Gasteiger partial charge in [0.2, 0.25) is 0 Å². The molecule has 0 aliphatic carbocycles. The fourth-order valence-electron chi connectivity index (χ4n) is 2.45. The highest BCUT2D eigenvalue weighted by Gasteiger charge is 2.12. The number of nitrogens with two attached hydrogens (primary N) is 1. The molecule has 1 amide bonds. The zero-order chi connectivity index (χ0) is 17.6. The van der Waals surface area contributed by atoms with E-state index in [0.717, 1.165) is 12.0 Å². The van der Waals surface area contributed by atoms with E-state index < -0.39 is 0 Å². The van der Waals surface area contributed by atoms with Gasteiger partial charge in [-0.25, -0.2) is 0 Å². The topological polar surface area (TPSA) is 82.8 Å². The second-order valence-corrected chi connectivity index (χ2v) is 5.91. The molecular weight excluding hydrogens is 320 g/mol. The summed E-state index contributed by atoms with van der Waals surface area (Å²) in [4.78, 5) is 12.1. The van der Waals surface area contributed by atoms with E-state index >= 15 is 0 Å². The number of carbonyl (C=O) groups excluding carboxylic acids is 1. The fourth-order valence-corrected chi connectivity index (χ4v) is 2.45. The lowest BCUT2D eigenvalue weighted by Gasteiger charge is -2.11. The predicted octanol–water partition coefficient (Wildman–Crippen LogP) is 2.89. The molecule has 3 rings (SSSR count). The van der Waals surface area contributed by atoms with Gasteiger partial charge in [-0.3, -0.25) is 4.79 Å². The first-order valence-corrected chi connectivity index (χ1v) is 8.29. The van der Waals surface area contributed by atoms with Crippen molar-refractivity contribution in [2.24, 2.45) is 5.73 Å². The Morgan fingerprint density at radius 3 is 2.60 bits per heavy atom. The molecule has 25 heavy (non-hydrogen) atoms. The van der Waals surface area contributed by atoms with E-state index in [9.17, 15) is 4.79 Å². The Bertz CT molecular complexity index is 729. The zero-order valence-corrected chi connectivity index (χ0v) is 14.2. The highest BCUT2D eigenvalue weighted by atomic mass is 16.5. The molecule has 0 saturated heterocycles. The summed E-state index contributed by atoms with van der Waals surface area (Å²) in [5.41, 5.74) is 7.47. The molecule has 2 aromatic carbocycles. The average molecular weight is 342 g/mol. The number of nitrogens with one attached hydrogen (secondary N) is 1. The summed E-state index contributed by atoms with van der Waals surface area (Å²) >= 11 is 0. The maximum absolute atomic E-state index is 12.1. The largest absolute Gasteiger partial charge is 0.490 e. The van der Waals surface area contributed by atoms with Crippen molar-refractivity contribution in [3.05, 3.63) is 48.0 Å². The number of anilines is 1. The smallest absolute Gasteiger partial charge is 0.262 e. The Hall–Kier alpha value is -2.73. The van der Waals surface area contributed by atoms with Crippen LogP contribution in [-0.2, 0) is 4.79 Å². The summed E-state index contributed by atoms with van der Waals surface area (Å²) < 4.78 is 16.7. The van der Waals surface area contributed by atoms with Crippen LogP contribution in [0, 0.1) is 0 Å². The average Bonchev–Trinajstić information content (AvgIpc) is 2.85. The van der Waals surface area contributed by atoms with Crippen LogP contribution in [0.1, 0.15) is 24.9 Å². The van der Waals surface area contributed by atoms with Gasteiger partial charge in [-0.2, -0.15) is 0 Å². The third kappa shape index (κ3) is 4.64. The second-order valence-electron chi connectivity index (χ2n) is 5.91. The highest BCUT2D eigenvalue weighted by Crippen LogP contribution is 2.32. The van der Waals surface area contributed by atoms with Crippen LogP contribution >= 0.6 is 0 Å². The molecule has 3 N–H and O–H groups in total. The lowest BCUT2D eigenvalue weighted by atomic mass is 10.1. The zero-order valence-electron chi connectivity index (χ0n) is 14.2. The van der Waals surface area contributed by atoms with Crippen LogP contribution in [0.2, 0.25) is 0 Å². The molecule has 0 aromatic heterocycles. The van der Waals surface area contributed by atoms with Crippen molar-refractivity contribution in [1.29, 1.82) is 0 Å². The summed E-state index contributed by atoms with van der Waals surface area (Å²) in [5.74, 6) is 1.72. The SMILES string of the molecule is CC(N)c1ccc(OCC(=O)Nc2ccc3c(c2)OCCCO3)cc1. The lowest BCUT2D eigenvalue weighted by Crippen LogP contribution is -2.20. The highest BCUT2D eigenvalue weighted by molar-refractivity contribution is 5.92. The van der Waals surface area contributed by atoms with Crippen LogP contribution in [0.25, 0.3) is 0 Å². The molecule has 1 heterocycles. The molecule has 0 radical (unpaired) electrons. The van der Waals surface area contributed by atoms with Gasteiger partial charge in [0.25, 0.3) is 5.91 Å². The van der Waals surface area contributed by atoms with Crippen molar-refractivity contribution >= 4 is 11.6 Å². The Labute approximate surface area is 146 Å². The van der Waals surface area contributed by atoms with Crippen LogP contribution in [0.5, 0.6) is 17.2 Å². The summed E-state index contributed by atoms with van der Waals surface area (Å²) in [7, 11) is 0. The molecule has 0 spiro atoms. The summed E-state index contributed by atoms with van der Waals surface area (Å²) in [6, 6.07) is 12.7. The van der Waals surface area contributed by atoms with Gasteiger partial charge in [-0.1, -0.05) is 12.1 Å². The van der Waals surface area contributed by atoms with Crippen LogP contribution in [0.4, 0.5) is 5.69 Å². The van der Waals surface area contributed by atoms with Gasteiger partial charge in [0.1, 0.15) is 5.75 Å². The minimum atomic E-state index is -0.245. The molecule has 2 aromatic rings. The molecule has 0 bridgehead atoms. The van der Waals surface area contributed by atoms with Crippen LogP contribution in [-0.4, -0.2) is 25.7 Å². The minimum absolute atomic E-state index is 0.0308. The first-order valence-electron chi connectivity index (χ1n) is 8.29. The van der Waals surface area contributed by atoms with Crippen molar-refractivity contribution in [1.82, 2.24) is 0 Å². The normalized spacial score (nSPS) is 14.3. The van der Waals surface area contributed by atoms with Crippen LogP contribution in [0.15, 0.2) is 42.5 Å². The monoisotopic (exact) mass is 342 g/mol. The molecule has 132 valence electrons. The van der Waals surface area contributed by atoms with E-state index in [-0.39, 0.29) is 18.6 Å². The number of carbonyl (C=O) groups is 1. The molecule has 6 nitrogen and oxygen atoms in total. The first-order chi connectivity index (χ1) is 12.1. The summed E-state index contributed by atoms with van der Waals surface area (Å²) in [6.07, 6.45) is 0.839. The summed E-state index contributed by atoms with van der Waals surface area (Å²) in [5, 5.41) is 2.79. The van der Waals surface area contributed by atoms with Crippen molar-refractivity contribution in [3.8, 4) is 17.2 Å². The van der Waals surface area contributed by atoms with Crippen molar-refractivity contribution < 1.29 is 19.0 Å². The molecule has 0 fully saturated rings. The van der Waals surface area contributed by atoms with Crippen molar-refractivity contribution in [2.75, 3.05) is 25.1 Å². The lowest BCUT2D eigenvalue weighted by molar-refractivity contribution is -0.118.